The predicted octanol–water partition coefficient (Wildman–Crippen LogP) is 1.70. The Morgan fingerprint density at radius 1 is 1.38 bits per heavy atom. The Kier molecular flexibility index (Phi) is 3.57. The zero-order chi connectivity index (χ0) is 14.8. The maximum atomic E-state index is 11.2. The molecule has 7 heteroatoms. The maximum Gasteiger partial charge on any atom is 0.360 e. The Hall–Kier alpha value is -2.41. The molecule has 0 unspecified atom stereocenters. The lowest BCUT2D eigenvalue weighted by Crippen LogP contribution is -2.18. The minimum absolute atomic E-state index is 0.146. The number of aromatic nitrogens is 1. The van der Waals surface area contributed by atoms with Crippen LogP contribution in [0.15, 0.2) is 34.8 Å². The van der Waals surface area contributed by atoms with E-state index in [0.717, 1.165) is 24.2 Å². The number of hydrogen-bond acceptors (Lipinski definition) is 6. The summed E-state index contributed by atoms with van der Waals surface area (Å²) < 4.78 is 0. The van der Waals surface area contributed by atoms with Crippen LogP contribution in [0.4, 0.5) is 5.13 Å². The summed E-state index contributed by atoms with van der Waals surface area (Å²) in [6.07, 6.45) is 1.31. The number of carbonyl (C=O) groups is 1. The first-order valence-corrected chi connectivity index (χ1v) is 7.26. The molecule has 0 spiro atoms. The maximum absolute atomic E-state index is 11.2. The number of nitrogen functional groups attached to an aromatic ring is 1. The topological polar surface area (TPSA) is 97.8 Å². The monoisotopic (exact) mass is 303 g/mol. The summed E-state index contributed by atoms with van der Waals surface area (Å²) in [6.45, 7) is 0. The van der Waals surface area contributed by atoms with Gasteiger partial charge in [-0.05, 0) is 11.1 Å². The van der Waals surface area contributed by atoms with Crippen molar-refractivity contribution in [2.24, 2.45) is 5.16 Å². The third-order valence-electron chi connectivity index (χ3n) is 3.27. The van der Waals surface area contributed by atoms with Crippen LogP contribution in [0.25, 0.3) is 0 Å². The Morgan fingerprint density at radius 3 is 2.57 bits per heavy atom. The van der Waals surface area contributed by atoms with Crippen LogP contribution >= 0.6 is 11.3 Å². The van der Waals surface area contributed by atoms with E-state index in [1.54, 1.807) is 5.38 Å². The van der Waals surface area contributed by atoms with E-state index in [9.17, 15) is 9.90 Å². The van der Waals surface area contributed by atoms with Crippen molar-refractivity contribution in [3.05, 3.63) is 46.5 Å². The van der Waals surface area contributed by atoms with Gasteiger partial charge in [0.05, 0.1) is 0 Å². The SMILES string of the molecule is Nc1nc(/C(=N/OC2Cc3ccccc3C2)C(=O)O)cs1. The molecular formula is C14H13N3O3S. The Morgan fingerprint density at radius 2 is 2.05 bits per heavy atom. The highest BCUT2D eigenvalue weighted by Gasteiger charge is 2.24. The fourth-order valence-corrected chi connectivity index (χ4v) is 2.86. The van der Waals surface area contributed by atoms with E-state index in [0.29, 0.717) is 5.13 Å². The van der Waals surface area contributed by atoms with E-state index in [2.05, 4.69) is 10.1 Å². The highest BCUT2D eigenvalue weighted by atomic mass is 32.1. The Bertz CT molecular complexity index is 686. The van der Waals surface area contributed by atoms with Crippen molar-refractivity contribution in [2.75, 3.05) is 5.73 Å². The molecule has 0 saturated carbocycles. The third kappa shape index (κ3) is 2.87. The summed E-state index contributed by atoms with van der Waals surface area (Å²) >= 11 is 1.16. The Balaban J connectivity index is 1.74. The van der Waals surface area contributed by atoms with Gasteiger partial charge < -0.3 is 15.7 Å². The molecule has 0 fully saturated rings. The molecular weight excluding hydrogens is 290 g/mol. The van der Waals surface area contributed by atoms with Crippen LogP contribution in [0.2, 0.25) is 0 Å². The first-order chi connectivity index (χ1) is 10.1. The average molecular weight is 303 g/mol. The molecule has 3 N–H and O–H groups in total. The molecule has 1 heterocycles. The number of thiazole rings is 1. The number of hydrogen-bond donors (Lipinski definition) is 2. The second-order valence-electron chi connectivity index (χ2n) is 4.72. The molecule has 0 amide bonds. The fraction of sp³-hybridized carbons (Fsp3) is 0.214. The van der Waals surface area contributed by atoms with E-state index in [1.807, 2.05) is 24.3 Å². The number of fused-ring (bicyclic) bond motifs is 1. The standard InChI is InChI=1S/C14H13N3O3S/c15-14-16-11(7-21-14)12(13(18)19)17-20-10-5-8-3-1-2-4-9(8)6-10/h1-4,7,10H,5-6H2,(H2,15,16)(H,18,19)/b17-12-. The van der Waals surface area contributed by atoms with Gasteiger partial charge in [-0.1, -0.05) is 29.4 Å². The number of nitrogens with zero attached hydrogens (tertiary/aromatic N) is 2. The van der Waals surface area contributed by atoms with Crippen LogP contribution in [0.5, 0.6) is 0 Å². The number of nitrogens with two attached hydrogens (primary N) is 1. The van der Waals surface area contributed by atoms with Crippen LogP contribution in [-0.2, 0) is 22.5 Å². The number of anilines is 1. The molecule has 1 aromatic carbocycles. The molecule has 108 valence electrons. The third-order valence-corrected chi connectivity index (χ3v) is 3.95. The molecule has 2 aromatic rings. The van der Waals surface area contributed by atoms with Crippen LogP contribution < -0.4 is 5.73 Å². The van der Waals surface area contributed by atoms with Crippen LogP contribution in [0.1, 0.15) is 16.8 Å². The Labute approximate surface area is 124 Å². The number of carboxylic acids is 1. The molecule has 0 saturated heterocycles. The van der Waals surface area contributed by atoms with Gasteiger partial charge in [0.25, 0.3) is 0 Å². The van der Waals surface area contributed by atoms with Crippen molar-refractivity contribution < 1.29 is 14.7 Å². The van der Waals surface area contributed by atoms with Crippen molar-refractivity contribution in [2.45, 2.75) is 18.9 Å². The quantitative estimate of drug-likeness (QED) is 0.661. The molecule has 0 radical (unpaired) electrons. The lowest BCUT2D eigenvalue weighted by atomic mass is 10.1. The molecule has 6 nitrogen and oxygen atoms in total. The van der Waals surface area contributed by atoms with Gasteiger partial charge in [0, 0.05) is 18.2 Å². The zero-order valence-electron chi connectivity index (χ0n) is 11.0. The number of benzene rings is 1. The van der Waals surface area contributed by atoms with E-state index in [1.165, 1.54) is 11.1 Å². The van der Waals surface area contributed by atoms with E-state index in [-0.39, 0.29) is 17.5 Å². The van der Waals surface area contributed by atoms with Gasteiger partial charge in [-0.25, -0.2) is 9.78 Å². The molecule has 3 rings (SSSR count). The largest absolute Gasteiger partial charge is 0.476 e. The van der Waals surface area contributed by atoms with Crippen molar-refractivity contribution in [3.8, 4) is 0 Å². The van der Waals surface area contributed by atoms with Gasteiger partial charge in [-0.2, -0.15) is 0 Å². The van der Waals surface area contributed by atoms with E-state index < -0.39 is 5.97 Å². The van der Waals surface area contributed by atoms with Crippen molar-refractivity contribution in [3.63, 3.8) is 0 Å². The summed E-state index contributed by atoms with van der Waals surface area (Å²) in [4.78, 5) is 20.6. The zero-order valence-corrected chi connectivity index (χ0v) is 11.8. The molecule has 0 atom stereocenters. The summed E-state index contributed by atoms with van der Waals surface area (Å²) in [7, 11) is 0. The van der Waals surface area contributed by atoms with Crippen molar-refractivity contribution in [1.29, 1.82) is 0 Å². The molecule has 1 aliphatic rings. The van der Waals surface area contributed by atoms with E-state index >= 15 is 0 Å². The van der Waals surface area contributed by atoms with E-state index in [4.69, 9.17) is 10.6 Å². The molecule has 1 aromatic heterocycles. The van der Waals surface area contributed by atoms with Gasteiger partial charge in [-0.15, -0.1) is 11.3 Å². The number of oxime groups is 1. The number of rotatable bonds is 4. The first kappa shape index (κ1) is 13.6. The van der Waals surface area contributed by atoms with Crippen molar-refractivity contribution in [1.82, 2.24) is 4.98 Å². The molecule has 0 aliphatic heterocycles. The summed E-state index contributed by atoms with van der Waals surface area (Å²) in [6, 6.07) is 8.04. The number of carboxylic acid groups (broad SMARTS) is 1. The minimum Gasteiger partial charge on any atom is -0.476 e. The van der Waals surface area contributed by atoms with Crippen LogP contribution in [-0.4, -0.2) is 27.9 Å². The lowest BCUT2D eigenvalue weighted by molar-refractivity contribution is -0.129. The average Bonchev–Trinajstić information content (AvgIpc) is 3.04. The van der Waals surface area contributed by atoms with Gasteiger partial charge >= 0.3 is 5.97 Å². The van der Waals surface area contributed by atoms with Gasteiger partial charge in [0.1, 0.15) is 11.8 Å². The highest BCUT2D eigenvalue weighted by molar-refractivity contribution is 7.13. The summed E-state index contributed by atoms with van der Waals surface area (Å²) in [5, 5.41) is 14.8. The number of aliphatic carboxylic acids is 1. The van der Waals surface area contributed by atoms with Crippen LogP contribution in [0, 0.1) is 0 Å². The molecule has 21 heavy (non-hydrogen) atoms. The van der Waals surface area contributed by atoms with Gasteiger partial charge in [0.2, 0.25) is 5.71 Å². The van der Waals surface area contributed by atoms with Crippen molar-refractivity contribution >= 4 is 28.1 Å². The smallest absolute Gasteiger partial charge is 0.360 e. The van der Waals surface area contributed by atoms with Gasteiger partial charge in [-0.3, -0.25) is 0 Å². The minimum atomic E-state index is -1.18. The second-order valence-corrected chi connectivity index (χ2v) is 5.61. The predicted molar refractivity (Wildman–Crippen MR) is 79.4 cm³/mol. The molecule has 0 bridgehead atoms. The fourth-order valence-electron chi connectivity index (χ4n) is 2.31. The second kappa shape index (κ2) is 5.53. The lowest BCUT2D eigenvalue weighted by Gasteiger charge is -2.07. The van der Waals surface area contributed by atoms with Gasteiger partial charge in [0.15, 0.2) is 5.13 Å². The summed E-state index contributed by atoms with van der Waals surface area (Å²) in [5.74, 6) is -1.18. The first-order valence-electron chi connectivity index (χ1n) is 6.38. The highest BCUT2D eigenvalue weighted by Crippen LogP contribution is 2.24. The van der Waals surface area contributed by atoms with Crippen LogP contribution in [0.3, 0.4) is 0 Å². The normalized spacial score (nSPS) is 15.0. The summed E-state index contributed by atoms with van der Waals surface area (Å²) in [5.41, 5.74) is 7.94. The molecule has 1 aliphatic carbocycles.